The predicted octanol–water partition coefficient (Wildman–Crippen LogP) is 2.76. The van der Waals surface area contributed by atoms with E-state index < -0.39 is 16.9 Å². The minimum absolute atomic E-state index is 0.00396. The van der Waals surface area contributed by atoms with Crippen molar-refractivity contribution in [3.63, 3.8) is 0 Å². The Morgan fingerprint density at radius 1 is 1.47 bits per heavy atom. The molecule has 0 saturated carbocycles. The maximum atomic E-state index is 11.8. The molecule has 0 bridgehead atoms. The number of benzene rings is 1. The number of non-ortho nitro benzene ring substituents is 1. The van der Waals surface area contributed by atoms with Gasteiger partial charge in [0.2, 0.25) is 0 Å². The third-order valence-corrected chi connectivity index (χ3v) is 3.79. The Hall–Kier alpha value is -1.11. The number of aliphatic hydroxyl groups is 1. The van der Waals surface area contributed by atoms with E-state index in [9.17, 15) is 20.0 Å². The molecule has 0 spiro atoms. The number of hydrogen-bond donors (Lipinski definition) is 1. The van der Waals surface area contributed by atoms with Gasteiger partial charge in [0, 0.05) is 18.0 Å². The quantitative estimate of drug-likeness (QED) is 0.496. The molecule has 0 radical (unpaired) electrons. The molecule has 2 atom stereocenters. The van der Waals surface area contributed by atoms with E-state index in [1.165, 1.54) is 24.3 Å². The van der Waals surface area contributed by atoms with E-state index in [-0.39, 0.29) is 16.7 Å². The van der Waals surface area contributed by atoms with E-state index >= 15 is 0 Å². The number of nitrogens with zero attached hydrogens (tertiary/aromatic N) is 1. The Morgan fingerprint density at radius 3 is 2.47 bits per heavy atom. The minimum atomic E-state index is -1.05. The fraction of sp³-hybridized carbons (Fsp3) is 0.417. The van der Waals surface area contributed by atoms with Crippen molar-refractivity contribution in [2.24, 2.45) is 5.92 Å². The smallest absolute Gasteiger partial charge is 0.269 e. The zero-order valence-corrected chi connectivity index (χ0v) is 11.9. The van der Waals surface area contributed by atoms with Crippen LogP contribution in [0.4, 0.5) is 5.69 Å². The fourth-order valence-electron chi connectivity index (χ4n) is 1.55. The third kappa shape index (κ3) is 4.19. The van der Waals surface area contributed by atoms with Gasteiger partial charge >= 0.3 is 0 Å². The molecule has 0 aromatic heterocycles. The van der Waals surface area contributed by atoms with Crippen LogP contribution in [0, 0.1) is 16.0 Å². The highest BCUT2D eigenvalue weighted by molar-refractivity contribution is 8.13. The van der Waals surface area contributed by atoms with Crippen molar-refractivity contribution in [1.82, 2.24) is 0 Å². The van der Waals surface area contributed by atoms with Crippen LogP contribution in [0.3, 0.4) is 0 Å². The van der Waals surface area contributed by atoms with E-state index in [2.05, 4.69) is 0 Å². The van der Waals surface area contributed by atoms with Gasteiger partial charge in [-0.05, 0) is 23.4 Å². The van der Waals surface area contributed by atoms with Crippen LogP contribution in [0.2, 0.25) is 0 Å². The molecular weight excluding hydrogens is 290 g/mol. The van der Waals surface area contributed by atoms with Crippen molar-refractivity contribution >= 4 is 34.2 Å². The topological polar surface area (TPSA) is 80.4 Å². The summed E-state index contributed by atoms with van der Waals surface area (Å²) >= 11 is 6.83. The van der Waals surface area contributed by atoms with Gasteiger partial charge in [0.05, 0.1) is 16.9 Å². The molecule has 0 saturated heterocycles. The van der Waals surface area contributed by atoms with Gasteiger partial charge in [0.1, 0.15) is 0 Å². The number of alkyl halides is 1. The van der Waals surface area contributed by atoms with Crippen molar-refractivity contribution in [1.29, 1.82) is 0 Å². The molecule has 0 aliphatic carbocycles. The summed E-state index contributed by atoms with van der Waals surface area (Å²) in [6, 6.07) is 5.46. The van der Waals surface area contributed by atoms with Crippen LogP contribution in [0.5, 0.6) is 0 Å². The van der Waals surface area contributed by atoms with Gasteiger partial charge in [0.25, 0.3) is 5.69 Å². The average Bonchev–Trinajstić information content (AvgIpc) is 2.39. The van der Waals surface area contributed by atoms with Gasteiger partial charge in [-0.1, -0.05) is 18.7 Å². The number of nitro groups is 1. The normalized spacial score (nSPS) is 13.8. The monoisotopic (exact) mass is 303 g/mol. The van der Waals surface area contributed by atoms with Crippen LogP contribution in [-0.4, -0.2) is 26.8 Å². The number of hydrogen-bond acceptors (Lipinski definition) is 5. The largest absolute Gasteiger partial charge is 0.388 e. The Bertz CT molecular complexity index is 452. The standard InChI is InChI=1S/C12H14ClNO4S/c1-2-19-12(16)10(7-13)11(15)8-3-5-9(6-4-8)14(17)18/h3-6,10-11,15H,2,7H2,1H3/t10-,11+/m0/s1. The second kappa shape index (κ2) is 7.47. The Balaban J connectivity index is 2.88. The van der Waals surface area contributed by atoms with Crippen molar-refractivity contribution in [3.05, 3.63) is 39.9 Å². The first-order chi connectivity index (χ1) is 9.01. The van der Waals surface area contributed by atoms with E-state index in [1.807, 2.05) is 6.92 Å². The van der Waals surface area contributed by atoms with Gasteiger partial charge in [-0.25, -0.2) is 0 Å². The summed E-state index contributed by atoms with van der Waals surface area (Å²) in [7, 11) is 0. The van der Waals surface area contributed by atoms with Crippen LogP contribution >= 0.6 is 23.4 Å². The Kier molecular flexibility index (Phi) is 6.27. The van der Waals surface area contributed by atoms with Gasteiger partial charge in [-0.2, -0.15) is 0 Å². The highest BCUT2D eigenvalue weighted by Gasteiger charge is 2.27. The van der Waals surface area contributed by atoms with Crippen molar-refractivity contribution in [2.75, 3.05) is 11.6 Å². The van der Waals surface area contributed by atoms with E-state index in [0.29, 0.717) is 11.3 Å². The first kappa shape index (κ1) is 15.9. The molecule has 1 aromatic carbocycles. The summed E-state index contributed by atoms with van der Waals surface area (Å²) in [5.41, 5.74) is 0.383. The third-order valence-electron chi connectivity index (χ3n) is 2.58. The number of rotatable bonds is 6. The first-order valence-electron chi connectivity index (χ1n) is 5.66. The number of aliphatic hydroxyl groups excluding tert-OH is 1. The molecule has 0 aliphatic heterocycles. The van der Waals surface area contributed by atoms with Crippen LogP contribution in [0.25, 0.3) is 0 Å². The molecule has 104 valence electrons. The van der Waals surface area contributed by atoms with Gasteiger partial charge in [-0.15, -0.1) is 11.6 Å². The SMILES string of the molecule is CCSC(=O)[C@@H](CCl)[C@H](O)c1ccc([N+](=O)[O-])cc1. The van der Waals surface area contributed by atoms with Crippen LogP contribution in [0.1, 0.15) is 18.6 Å². The molecule has 0 amide bonds. The minimum Gasteiger partial charge on any atom is -0.388 e. The molecular formula is C12H14ClNO4S. The number of carbonyl (C=O) groups excluding carboxylic acids is 1. The lowest BCUT2D eigenvalue weighted by Gasteiger charge is -2.19. The summed E-state index contributed by atoms with van der Waals surface area (Å²) in [6.07, 6.45) is -1.05. The van der Waals surface area contributed by atoms with Crippen molar-refractivity contribution < 1.29 is 14.8 Å². The fourth-order valence-corrected chi connectivity index (χ4v) is 2.66. The molecule has 5 nitrogen and oxygen atoms in total. The van der Waals surface area contributed by atoms with Crippen LogP contribution in [0.15, 0.2) is 24.3 Å². The number of nitro benzene ring substituents is 1. The lowest BCUT2D eigenvalue weighted by Crippen LogP contribution is -2.22. The van der Waals surface area contributed by atoms with E-state index in [1.54, 1.807) is 0 Å². The Labute approximate surface area is 120 Å². The van der Waals surface area contributed by atoms with Gasteiger partial charge in [-0.3, -0.25) is 14.9 Å². The van der Waals surface area contributed by atoms with Crippen molar-refractivity contribution in [3.8, 4) is 0 Å². The summed E-state index contributed by atoms with van der Waals surface area (Å²) in [4.78, 5) is 21.8. The van der Waals surface area contributed by atoms with Crippen LogP contribution in [-0.2, 0) is 4.79 Å². The zero-order chi connectivity index (χ0) is 14.4. The molecule has 0 heterocycles. The van der Waals surface area contributed by atoms with Gasteiger partial charge < -0.3 is 5.11 Å². The van der Waals surface area contributed by atoms with E-state index in [0.717, 1.165) is 11.8 Å². The number of halogens is 1. The number of carbonyl (C=O) groups is 1. The molecule has 7 heteroatoms. The molecule has 0 unspecified atom stereocenters. The number of thioether (sulfide) groups is 1. The summed E-state index contributed by atoms with van der Waals surface area (Å²) < 4.78 is 0. The van der Waals surface area contributed by atoms with E-state index in [4.69, 9.17) is 11.6 Å². The molecule has 1 aromatic rings. The lowest BCUT2D eigenvalue weighted by atomic mass is 9.98. The highest BCUT2D eigenvalue weighted by Crippen LogP contribution is 2.28. The highest BCUT2D eigenvalue weighted by atomic mass is 35.5. The molecule has 19 heavy (non-hydrogen) atoms. The van der Waals surface area contributed by atoms with Crippen molar-refractivity contribution in [2.45, 2.75) is 13.0 Å². The zero-order valence-electron chi connectivity index (χ0n) is 10.3. The summed E-state index contributed by atoms with van der Waals surface area (Å²) in [5.74, 6) is -0.100. The summed E-state index contributed by atoms with van der Waals surface area (Å²) in [5, 5.41) is 20.5. The predicted molar refractivity (Wildman–Crippen MR) is 75.4 cm³/mol. The maximum Gasteiger partial charge on any atom is 0.269 e. The summed E-state index contributed by atoms with van der Waals surface area (Å²) in [6.45, 7) is 1.84. The molecule has 1 rings (SSSR count). The lowest BCUT2D eigenvalue weighted by molar-refractivity contribution is -0.384. The average molecular weight is 304 g/mol. The van der Waals surface area contributed by atoms with Gasteiger partial charge in [0.15, 0.2) is 5.12 Å². The molecule has 1 N–H and O–H groups in total. The maximum absolute atomic E-state index is 11.8. The second-order valence-corrected chi connectivity index (χ2v) is 5.38. The van der Waals surface area contributed by atoms with Crippen LogP contribution < -0.4 is 0 Å². The molecule has 0 aliphatic rings. The second-order valence-electron chi connectivity index (χ2n) is 3.81. The Morgan fingerprint density at radius 2 is 2.05 bits per heavy atom. The first-order valence-corrected chi connectivity index (χ1v) is 7.18. The molecule has 0 fully saturated rings.